The molecular formula is C18H14ClFN6O2. The third-order valence-electron chi connectivity index (χ3n) is 4.23. The summed E-state index contributed by atoms with van der Waals surface area (Å²) >= 11 is 5.89. The van der Waals surface area contributed by atoms with Crippen molar-refractivity contribution < 1.29 is 9.50 Å². The Balaban J connectivity index is 1.77. The normalized spacial score (nSPS) is 12.3. The summed E-state index contributed by atoms with van der Waals surface area (Å²) in [5, 5.41) is 23.1. The first-order chi connectivity index (χ1) is 13.5. The molecule has 2 heterocycles. The zero-order valence-electron chi connectivity index (χ0n) is 14.6. The van der Waals surface area contributed by atoms with Gasteiger partial charge in [0, 0.05) is 23.8 Å². The number of aryl methyl sites for hydroxylation is 1. The fourth-order valence-corrected chi connectivity index (χ4v) is 2.94. The van der Waals surface area contributed by atoms with Gasteiger partial charge in [0.05, 0.1) is 17.1 Å². The van der Waals surface area contributed by atoms with E-state index in [2.05, 4.69) is 15.5 Å². The van der Waals surface area contributed by atoms with Crippen molar-refractivity contribution in [3.63, 3.8) is 0 Å². The molecule has 0 amide bonds. The number of hydrogen-bond donors (Lipinski definition) is 1. The smallest absolute Gasteiger partial charge is 0.368 e. The molecule has 0 fully saturated rings. The molecule has 0 aliphatic carbocycles. The van der Waals surface area contributed by atoms with E-state index >= 15 is 0 Å². The highest BCUT2D eigenvalue weighted by atomic mass is 35.5. The number of aromatic nitrogens is 6. The number of tetrazole rings is 1. The first-order valence-electron chi connectivity index (χ1n) is 8.23. The van der Waals surface area contributed by atoms with Gasteiger partial charge in [-0.2, -0.15) is 14.5 Å². The number of hydrogen-bond acceptors (Lipinski definition) is 5. The Morgan fingerprint density at radius 2 is 1.86 bits per heavy atom. The highest BCUT2D eigenvalue weighted by Gasteiger charge is 2.24. The molecule has 0 aliphatic heterocycles. The van der Waals surface area contributed by atoms with Crippen molar-refractivity contribution in [3.8, 4) is 11.4 Å². The maximum atomic E-state index is 14.6. The monoisotopic (exact) mass is 400 g/mol. The molecule has 10 heteroatoms. The van der Waals surface area contributed by atoms with Gasteiger partial charge >= 0.3 is 5.69 Å². The Bertz CT molecular complexity index is 1200. The number of halogens is 2. The molecule has 0 bridgehead atoms. The quantitative estimate of drug-likeness (QED) is 0.566. The van der Waals surface area contributed by atoms with Gasteiger partial charge in [0.15, 0.2) is 0 Å². The number of benzene rings is 2. The molecule has 1 N–H and O–H groups in total. The Kier molecular flexibility index (Phi) is 4.54. The molecule has 0 radical (unpaired) electrons. The molecule has 1 unspecified atom stereocenters. The van der Waals surface area contributed by atoms with Crippen LogP contribution in [0.3, 0.4) is 0 Å². The van der Waals surface area contributed by atoms with Crippen molar-refractivity contribution in [1.82, 2.24) is 29.6 Å². The Morgan fingerprint density at radius 3 is 2.54 bits per heavy atom. The largest absolute Gasteiger partial charge is 0.382 e. The standard InChI is InChI=1S/C18H14ClFN6O2/c1-24-18(28)26(23-22-24)15-4-2-3-13(20)16(15)17(27)14-9-10-25(21-14)12-7-5-11(19)6-8-12/h2-10,17,27H,1H3. The van der Waals surface area contributed by atoms with Gasteiger partial charge in [-0.1, -0.05) is 17.7 Å². The fourth-order valence-electron chi connectivity index (χ4n) is 2.82. The van der Waals surface area contributed by atoms with Gasteiger partial charge in [0.1, 0.15) is 11.9 Å². The molecule has 0 saturated heterocycles. The van der Waals surface area contributed by atoms with Crippen molar-refractivity contribution in [2.24, 2.45) is 7.05 Å². The number of rotatable bonds is 4. The van der Waals surface area contributed by atoms with Gasteiger partial charge in [0.25, 0.3) is 0 Å². The Labute approximate surface area is 163 Å². The van der Waals surface area contributed by atoms with Crippen LogP contribution in [0, 0.1) is 5.82 Å². The van der Waals surface area contributed by atoms with Crippen LogP contribution in [0.25, 0.3) is 11.4 Å². The number of aliphatic hydroxyl groups is 1. The summed E-state index contributed by atoms with van der Waals surface area (Å²) < 4.78 is 18.1. The molecule has 28 heavy (non-hydrogen) atoms. The molecule has 2 aromatic heterocycles. The second kappa shape index (κ2) is 7.02. The molecule has 0 spiro atoms. The minimum atomic E-state index is -1.42. The average molecular weight is 401 g/mol. The van der Waals surface area contributed by atoms with E-state index in [4.69, 9.17) is 11.6 Å². The molecule has 0 saturated carbocycles. The van der Waals surface area contributed by atoms with Crippen LogP contribution in [0.1, 0.15) is 17.4 Å². The maximum Gasteiger partial charge on any atom is 0.368 e. The van der Waals surface area contributed by atoms with Crippen molar-refractivity contribution in [3.05, 3.63) is 87.3 Å². The minimum Gasteiger partial charge on any atom is -0.382 e. The predicted octanol–water partition coefficient (Wildman–Crippen LogP) is 2.03. The zero-order valence-corrected chi connectivity index (χ0v) is 15.3. The van der Waals surface area contributed by atoms with Crippen molar-refractivity contribution in [2.45, 2.75) is 6.10 Å². The van der Waals surface area contributed by atoms with Crippen molar-refractivity contribution >= 4 is 11.6 Å². The van der Waals surface area contributed by atoms with Crippen LogP contribution in [-0.4, -0.2) is 34.7 Å². The van der Waals surface area contributed by atoms with Crippen LogP contribution in [0.4, 0.5) is 4.39 Å². The lowest BCUT2D eigenvalue weighted by atomic mass is 10.0. The molecule has 1 atom stereocenters. The summed E-state index contributed by atoms with van der Waals surface area (Å²) in [5.74, 6) is -0.691. The van der Waals surface area contributed by atoms with Gasteiger partial charge in [-0.15, -0.1) is 0 Å². The van der Waals surface area contributed by atoms with E-state index in [-0.39, 0.29) is 16.9 Å². The first-order valence-corrected chi connectivity index (χ1v) is 8.61. The fraction of sp³-hybridized carbons (Fsp3) is 0.111. The minimum absolute atomic E-state index is 0.0895. The third kappa shape index (κ3) is 3.10. The maximum absolute atomic E-state index is 14.6. The second-order valence-electron chi connectivity index (χ2n) is 6.03. The summed E-state index contributed by atoms with van der Waals surface area (Å²) in [7, 11) is 1.43. The van der Waals surface area contributed by atoms with Crippen LogP contribution in [0.15, 0.2) is 59.5 Å². The molecule has 4 aromatic rings. The lowest BCUT2D eigenvalue weighted by Crippen LogP contribution is -2.24. The van der Waals surface area contributed by atoms with Crippen molar-refractivity contribution in [1.29, 1.82) is 0 Å². The topological polar surface area (TPSA) is 90.8 Å². The van der Waals surface area contributed by atoms with Gasteiger partial charge in [-0.05, 0) is 52.9 Å². The summed E-state index contributed by atoms with van der Waals surface area (Å²) in [6.07, 6.45) is 0.218. The van der Waals surface area contributed by atoms with E-state index < -0.39 is 17.6 Å². The van der Waals surface area contributed by atoms with Crippen LogP contribution in [0.2, 0.25) is 5.02 Å². The highest BCUT2D eigenvalue weighted by Crippen LogP contribution is 2.28. The highest BCUT2D eigenvalue weighted by molar-refractivity contribution is 6.30. The van der Waals surface area contributed by atoms with Crippen LogP contribution in [-0.2, 0) is 7.05 Å². The average Bonchev–Trinajstić information content (AvgIpc) is 3.30. The molecule has 4 rings (SSSR count). The van der Waals surface area contributed by atoms with Crippen molar-refractivity contribution in [2.75, 3.05) is 0 Å². The van der Waals surface area contributed by atoms with Gasteiger partial charge in [0.2, 0.25) is 0 Å². The molecular weight excluding hydrogens is 387 g/mol. The zero-order chi connectivity index (χ0) is 19.8. The predicted molar refractivity (Wildman–Crippen MR) is 99.2 cm³/mol. The Hall–Kier alpha value is -3.30. The van der Waals surface area contributed by atoms with Crippen LogP contribution < -0.4 is 5.69 Å². The van der Waals surface area contributed by atoms with E-state index in [1.807, 2.05) is 0 Å². The summed E-state index contributed by atoms with van der Waals surface area (Å²) in [6, 6.07) is 12.6. The Morgan fingerprint density at radius 1 is 1.11 bits per heavy atom. The van der Waals surface area contributed by atoms with Gasteiger partial charge in [-0.3, -0.25) is 0 Å². The molecule has 2 aromatic carbocycles. The van der Waals surface area contributed by atoms with Gasteiger partial charge in [-0.25, -0.2) is 13.9 Å². The summed E-state index contributed by atoms with van der Waals surface area (Å²) in [6.45, 7) is 0. The lowest BCUT2D eigenvalue weighted by Gasteiger charge is -2.14. The number of nitrogens with zero attached hydrogens (tertiary/aromatic N) is 6. The van der Waals surface area contributed by atoms with Crippen LogP contribution >= 0.6 is 11.6 Å². The number of aliphatic hydroxyl groups excluding tert-OH is 1. The summed E-state index contributed by atoms with van der Waals surface area (Å²) in [4.78, 5) is 12.2. The van der Waals surface area contributed by atoms with E-state index in [1.54, 1.807) is 36.5 Å². The van der Waals surface area contributed by atoms with Crippen LogP contribution in [0.5, 0.6) is 0 Å². The second-order valence-corrected chi connectivity index (χ2v) is 6.47. The molecule has 0 aliphatic rings. The van der Waals surface area contributed by atoms with Gasteiger partial charge < -0.3 is 5.11 Å². The first kappa shape index (κ1) is 18.1. The van der Waals surface area contributed by atoms with E-state index in [0.29, 0.717) is 5.02 Å². The summed E-state index contributed by atoms with van der Waals surface area (Å²) in [5.41, 5.74) is 0.337. The SMILES string of the molecule is Cn1nnn(-c2cccc(F)c2C(O)c2ccn(-c3ccc(Cl)cc3)n2)c1=O. The van der Waals surface area contributed by atoms with E-state index in [0.717, 1.165) is 15.1 Å². The third-order valence-corrected chi connectivity index (χ3v) is 4.49. The lowest BCUT2D eigenvalue weighted by molar-refractivity contribution is 0.209. The van der Waals surface area contributed by atoms with E-state index in [9.17, 15) is 14.3 Å². The molecule has 142 valence electrons. The van der Waals surface area contributed by atoms with E-state index in [1.165, 1.54) is 29.9 Å². The molecule has 8 nitrogen and oxygen atoms in total.